The first-order chi connectivity index (χ1) is 5.72. The summed E-state index contributed by atoms with van der Waals surface area (Å²) in [6.07, 6.45) is 0. The Bertz CT molecular complexity index is 247. The van der Waals surface area contributed by atoms with Gasteiger partial charge in [0.1, 0.15) is 0 Å². The Morgan fingerprint density at radius 2 is 1.75 bits per heavy atom. The van der Waals surface area contributed by atoms with Gasteiger partial charge in [0.25, 0.3) is 0 Å². The molecule has 5 nitrogen and oxygen atoms in total. The minimum atomic E-state index is -0.879. The van der Waals surface area contributed by atoms with Gasteiger partial charge in [0.15, 0.2) is 0 Å². The highest BCUT2D eigenvalue weighted by atomic mass is 16.6. The second-order valence-electron chi connectivity index (χ2n) is 1.75. The molecular weight excluding hydrogens is 162 g/mol. The zero-order chi connectivity index (χ0) is 9.40. The lowest BCUT2D eigenvalue weighted by Gasteiger charge is -1.88. The molecule has 2 N–H and O–H groups in total. The van der Waals surface area contributed by atoms with Crippen molar-refractivity contribution in [2.24, 2.45) is 0 Å². The molecule has 0 saturated heterocycles. The molecule has 0 atom stereocenters. The van der Waals surface area contributed by atoms with Gasteiger partial charge in [-0.15, -0.1) is 0 Å². The van der Waals surface area contributed by atoms with Gasteiger partial charge in [-0.2, -0.15) is 0 Å². The van der Waals surface area contributed by atoms with E-state index in [-0.39, 0.29) is 5.34 Å². The van der Waals surface area contributed by atoms with Crippen LogP contribution in [0.1, 0.15) is 10.4 Å². The lowest BCUT2D eigenvalue weighted by atomic mass is 10.2. The smallest absolute Gasteiger partial charge is 0.335 e. The molecule has 0 aliphatic heterocycles. The molecule has 0 aromatic heterocycles. The number of rotatable bonds is 1. The number of nitrogens with one attached hydrogen (secondary N) is 1. The van der Waals surface area contributed by atoms with Crippen LogP contribution in [0.15, 0.2) is 30.3 Å². The fourth-order valence-electron chi connectivity index (χ4n) is 0.581. The van der Waals surface area contributed by atoms with Crippen molar-refractivity contribution in [1.82, 2.24) is 0 Å². The highest BCUT2D eigenvalue weighted by molar-refractivity contribution is 5.87. The van der Waals surface area contributed by atoms with Crippen LogP contribution in [0, 0.1) is 10.1 Å². The molecule has 0 aliphatic carbocycles. The molecule has 0 spiro atoms. The van der Waals surface area contributed by atoms with Gasteiger partial charge in [0.05, 0.1) is 5.56 Å². The Morgan fingerprint density at radius 3 is 2.00 bits per heavy atom. The second-order valence-corrected chi connectivity index (χ2v) is 1.75. The van der Waals surface area contributed by atoms with Crippen LogP contribution in [0.25, 0.3) is 0 Å². The van der Waals surface area contributed by atoms with E-state index in [1.807, 2.05) is 0 Å². The number of hydrogen-bond donors (Lipinski definition) is 2. The van der Waals surface area contributed by atoms with Crippen molar-refractivity contribution in [1.29, 1.82) is 0 Å². The molecule has 0 aliphatic rings. The first kappa shape index (κ1) is 10.1. The minimum absolute atomic E-state index is 0.250. The Hall–Kier alpha value is -1.91. The number of carbonyl (C=O) groups is 1. The number of carboxylic acids is 1. The van der Waals surface area contributed by atoms with Gasteiger partial charge >= 0.3 is 5.97 Å². The lowest BCUT2D eigenvalue weighted by molar-refractivity contribution is -0.398. The normalized spacial score (nSPS) is 7.67. The first-order valence-corrected chi connectivity index (χ1v) is 3.00. The number of hydrogen-bond acceptors (Lipinski definition) is 3. The lowest BCUT2D eigenvalue weighted by Crippen LogP contribution is -2.53. The molecule has 64 valence electrons. The van der Waals surface area contributed by atoms with Crippen molar-refractivity contribution >= 4 is 5.97 Å². The van der Waals surface area contributed by atoms with Crippen molar-refractivity contribution in [3.63, 3.8) is 0 Å². The summed E-state index contributed by atoms with van der Waals surface area (Å²) in [5.41, 5.74) is 0.331. The Balaban J connectivity index is 0.000000354. The third-order valence-corrected chi connectivity index (χ3v) is 1.02. The van der Waals surface area contributed by atoms with E-state index in [0.717, 1.165) is 0 Å². The maximum atomic E-state index is 10.2. The van der Waals surface area contributed by atoms with Crippen molar-refractivity contribution in [3.05, 3.63) is 46.0 Å². The van der Waals surface area contributed by atoms with Crippen LogP contribution in [0.4, 0.5) is 0 Å². The number of benzene rings is 1. The van der Waals surface area contributed by atoms with Gasteiger partial charge in [0.2, 0.25) is 0 Å². The van der Waals surface area contributed by atoms with E-state index >= 15 is 0 Å². The molecule has 0 unspecified atom stereocenters. The molecule has 1 rings (SSSR count). The molecule has 0 saturated carbocycles. The Morgan fingerprint density at radius 1 is 1.33 bits per heavy atom. The maximum Gasteiger partial charge on any atom is 0.335 e. The summed E-state index contributed by atoms with van der Waals surface area (Å²) < 4.78 is 0. The molecule has 0 radical (unpaired) electrons. The van der Waals surface area contributed by atoms with Crippen molar-refractivity contribution in [2.45, 2.75) is 0 Å². The molecular formula is C7H7NO4. The molecule has 0 bridgehead atoms. The molecule has 0 heterocycles. The third kappa shape index (κ3) is 3.99. The first-order valence-electron chi connectivity index (χ1n) is 3.00. The van der Waals surface area contributed by atoms with Gasteiger partial charge in [-0.1, -0.05) is 18.2 Å². The SMILES string of the molecule is O=C(O)c1ccccc1.O=[NH+][O-]. The van der Waals surface area contributed by atoms with E-state index < -0.39 is 5.97 Å². The fourth-order valence-corrected chi connectivity index (χ4v) is 0.581. The van der Waals surface area contributed by atoms with Crippen LogP contribution >= 0.6 is 0 Å². The molecule has 1 aromatic rings. The second kappa shape index (κ2) is 5.84. The molecule has 0 amide bonds. The molecule has 12 heavy (non-hydrogen) atoms. The third-order valence-electron chi connectivity index (χ3n) is 1.02. The Kier molecular flexibility index (Phi) is 4.91. The van der Waals surface area contributed by atoms with Gasteiger partial charge in [-0.3, -0.25) is 10.1 Å². The number of carboxylic acid groups (broad SMARTS) is 1. The van der Waals surface area contributed by atoms with Crippen molar-refractivity contribution in [3.8, 4) is 0 Å². The maximum absolute atomic E-state index is 10.2. The summed E-state index contributed by atoms with van der Waals surface area (Å²) in [7, 11) is 0. The molecule has 0 fully saturated rings. The van der Waals surface area contributed by atoms with E-state index in [1.165, 1.54) is 0 Å². The summed E-state index contributed by atoms with van der Waals surface area (Å²) in [5, 5.41) is 16.8. The number of aromatic carboxylic acids is 1. The average molecular weight is 169 g/mol. The highest BCUT2D eigenvalue weighted by Crippen LogP contribution is 1.96. The van der Waals surface area contributed by atoms with Crippen molar-refractivity contribution < 1.29 is 15.2 Å². The largest absolute Gasteiger partial charge is 0.478 e. The molecule has 1 aromatic carbocycles. The fraction of sp³-hybridized carbons (Fsp3) is 0. The quantitative estimate of drug-likeness (QED) is 0.446. The van der Waals surface area contributed by atoms with Gasteiger partial charge in [-0.05, 0) is 12.1 Å². The topological polar surface area (TPSA) is 91.4 Å². The van der Waals surface area contributed by atoms with Gasteiger partial charge in [-0.25, -0.2) is 4.79 Å². The summed E-state index contributed by atoms with van der Waals surface area (Å²) in [6.45, 7) is 0. The van der Waals surface area contributed by atoms with Crippen molar-refractivity contribution in [2.75, 3.05) is 0 Å². The Labute approximate surface area is 68.2 Å². The summed E-state index contributed by atoms with van der Waals surface area (Å²) >= 11 is 0. The van der Waals surface area contributed by atoms with Crippen LogP contribution < -0.4 is 5.34 Å². The van der Waals surface area contributed by atoms with E-state index in [0.29, 0.717) is 5.56 Å². The van der Waals surface area contributed by atoms with Gasteiger partial charge < -0.3 is 5.11 Å². The zero-order valence-electron chi connectivity index (χ0n) is 6.06. The zero-order valence-corrected chi connectivity index (χ0v) is 6.06. The van der Waals surface area contributed by atoms with E-state index in [4.69, 9.17) is 15.2 Å². The van der Waals surface area contributed by atoms with E-state index in [9.17, 15) is 4.79 Å². The van der Waals surface area contributed by atoms with Gasteiger partial charge in [0, 0.05) is 5.34 Å². The predicted octanol–water partition coefficient (Wildman–Crippen LogP) is -0.284. The average Bonchev–Trinajstić information content (AvgIpc) is 2.07. The predicted molar refractivity (Wildman–Crippen MR) is 41.1 cm³/mol. The van der Waals surface area contributed by atoms with Crippen LogP contribution in [0.3, 0.4) is 0 Å². The van der Waals surface area contributed by atoms with Crippen LogP contribution in [0.2, 0.25) is 0 Å². The van der Waals surface area contributed by atoms with E-state index in [2.05, 4.69) is 0 Å². The summed E-state index contributed by atoms with van der Waals surface area (Å²) in [6, 6.07) is 8.30. The highest BCUT2D eigenvalue weighted by Gasteiger charge is 1.96. The minimum Gasteiger partial charge on any atom is -0.478 e. The van der Waals surface area contributed by atoms with Crippen LogP contribution in [0.5, 0.6) is 0 Å². The summed E-state index contributed by atoms with van der Waals surface area (Å²) in [5.74, 6) is -0.879. The van der Waals surface area contributed by atoms with Crippen LogP contribution in [-0.4, -0.2) is 11.1 Å². The summed E-state index contributed by atoms with van der Waals surface area (Å²) in [4.78, 5) is 18.3. The monoisotopic (exact) mass is 169 g/mol. The van der Waals surface area contributed by atoms with E-state index in [1.54, 1.807) is 30.3 Å². The van der Waals surface area contributed by atoms with Crippen LogP contribution in [-0.2, 0) is 0 Å². The molecule has 5 heteroatoms. The standard InChI is InChI=1S/C7H6O2.HNO2/c8-7(9)6-4-2-1-3-5-6;2-1-3/h1-5H,(H,8,9);1H.